The van der Waals surface area contributed by atoms with Crippen LogP contribution in [0.15, 0.2) is 42.7 Å². The molecule has 1 fully saturated rings. The van der Waals surface area contributed by atoms with Gasteiger partial charge in [-0.2, -0.15) is 0 Å². The van der Waals surface area contributed by atoms with E-state index in [1.165, 1.54) is 0 Å². The van der Waals surface area contributed by atoms with Gasteiger partial charge in [-0.15, -0.1) is 0 Å². The van der Waals surface area contributed by atoms with E-state index in [-0.39, 0.29) is 11.8 Å². The van der Waals surface area contributed by atoms with Crippen LogP contribution >= 0.6 is 0 Å². The van der Waals surface area contributed by atoms with Crippen molar-refractivity contribution >= 4 is 17.5 Å². The largest absolute Gasteiger partial charge is 0.489 e. The number of rotatable bonds is 3. The number of nitrogens with one attached hydrogen (secondary N) is 1. The molecule has 5 heteroatoms. The first kappa shape index (κ1) is 13.7. The molecule has 1 N–H and O–H groups in total. The van der Waals surface area contributed by atoms with Gasteiger partial charge >= 0.3 is 0 Å². The molecule has 2 amide bonds. The quantitative estimate of drug-likeness (QED) is 0.918. The SMILES string of the molecule is O=C(NC1CCN(c2ccccc2)C1=O)C1CCC=CO1. The van der Waals surface area contributed by atoms with Crippen LogP contribution in [0.4, 0.5) is 5.69 Å². The number of anilines is 1. The number of para-hydroxylation sites is 1. The maximum atomic E-state index is 12.4. The highest BCUT2D eigenvalue weighted by Gasteiger charge is 2.35. The van der Waals surface area contributed by atoms with E-state index in [1.807, 2.05) is 36.4 Å². The van der Waals surface area contributed by atoms with Gasteiger partial charge in [0, 0.05) is 12.2 Å². The first-order chi connectivity index (χ1) is 10.3. The lowest BCUT2D eigenvalue weighted by Gasteiger charge is -2.21. The van der Waals surface area contributed by atoms with Crippen molar-refractivity contribution in [1.82, 2.24) is 5.32 Å². The molecule has 2 aliphatic heterocycles. The summed E-state index contributed by atoms with van der Waals surface area (Å²) in [5.41, 5.74) is 0.871. The lowest BCUT2D eigenvalue weighted by atomic mass is 10.1. The lowest BCUT2D eigenvalue weighted by molar-refractivity contribution is -0.133. The van der Waals surface area contributed by atoms with E-state index in [0.717, 1.165) is 12.1 Å². The Kier molecular flexibility index (Phi) is 3.90. The molecule has 1 aromatic rings. The molecule has 0 spiro atoms. The zero-order valence-electron chi connectivity index (χ0n) is 11.7. The Morgan fingerprint density at radius 2 is 2.05 bits per heavy atom. The summed E-state index contributed by atoms with van der Waals surface area (Å²) in [5.74, 6) is -0.256. The van der Waals surface area contributed by atoms with Gasteiger partial charge in [-0.05, 0) is 37.5 Å². The summed E-state index contributed by atoms with van der Waals surface area (Å²) in [6, 6.07) is 9.06. The fourth-order valence-corrected chi connectivity index (χ4v) is 2.67. The Balaban J connectivity index is 1.61. The number of carbonyl (C=O) groups excluding carboxylic acids is 2. The van der Waals surface area contributed by atoms with Crippen molar-refractivity contribution in [1.29, 1.82) is 0 Å². The van der Waals surface area contributed by atoms with Crippen molar-refractivity contribution in [2.24, 2.45) is 0 Å². The zero-order chi connectivity index (χ0) is 14.7. The lowest BCUT2D eigenvalue weighted by Crippen LogP contribution is -2.46. The van der Waals surface area contributed by atoms with Gasteiger partial charge in [0.1, 0.15) is 6.04 Å². The Morgan fingerprint density at radius 1 is 1.24 bits per heavy atom. The number of hydrogen-bond donors (Lipinski definition) is 1. The number of amides is 2. The minimum atomic E-state index is -0.478. The first-order valence-corrected chi connectivity index (χ1v) is 7.23. The predicted molar refractivity (Wildman–Crippen MR) is 78.6 cm³/mol. The normalized spacial score (nSPS) is 24.8. The van der Waals surface area contributed by atoms with Crippen LogP contribution in [-0.2, 0) is 14.3 Å². The van der Waals surface area contributed by atoms with Crippen LogP contribution in [0.2, 0.25) is 0 Å². The van der Waals surface area contributed by atoms with Gasteiger partial charge in [-0.25, -0.2) is 0 Å². The fourth-order valence-electron chi connectivity index (χ4n) is 2.67. The molecule has 0 bridgehead atoms. The van der Waals surface area contributed by atoms with E-state index >= 15 is 0 Å². The van der Waals surface area contributed by atoms with E-state index in [4.69, 9.17) is 4.74 Å². The third kappa shape index (κ3) is 2.91. The zero-order valence-corrected chi connectivity index (χ0v) is 11.7. The average Bonchev–Trinajstić information content (AvgIpc) is 2.90. The summed E-state index contributed by atoms with van der Waals surface area (Å²) in [6.07, 6.45) is 5.08. The molecule has 0 aromatic heterocycles. The molecule has 0 radical (unpaired) electrons. The van der Waals surface area contributed by atoms with Crippen molar-refractivity contribution in [2.75, 3.05) is 11.4 Å². The number of ether oxygens (including phenoxy) is 1. The topological polar surface area (TPSA) is 58.6 Å². The number of hydrogen-bond acceptors (Lipinski definition) is 3. The number of benzene rings is 1. The van der Waals surface area contributed by atoms with Crippen molar-refractivity contribution in [2.45, 2.75) is 31.4 Å². The Labute approximate surface area is 123 Å². The van der Waals surface area contributed by atoms with Gasteiger partial charge in [0.25, 0.3) is 5.91 Å². The standard InChI is InChI=1S/C16H18N2O3/c19-15(14-8-4-5-11-21-14)17-13-9-10-18(16(13)20)12-6-2-1-3-7-12/h1-3,5-7,11,13-14H,4,8-10H2,(H,17,19). The Morgan fingerprint density at radius 3 is 2.76 bits per heavy atom. The number of carbonyl (C=O) groups is 2. The molecule has 2 atom stereocenters. The van der Waals surface area contributed by atoms with E-state index in [0.29, 0.717) is 19.4 Å². The van der Waals surface area contributed by atoms with Gasteiger partial charge in [0.05, 0.1) is 6.26 Å². The molecule has 3 rings (SSSR count). The molecule has 2 heterocycles. The highest BCUT2D eigenvalue weighted by atomic mass is 16.5. The molecule has 2 aliphatic rings. The second-order valence-electron chi connectivity index (χ2n) is 5.25. The number of nitrogens with zero attached hydrogens (tertiary/aromatic N) is 1. The van der Waals surface area contributed by atoms with E-state index in [9.17, 15) is 9.59 Å². The van der Waals surface area contributed by atoms with E-state index in [2.05, 4.69) is 5.32 Å². The Bertz CT molecular complexity index is 556. The van der Waals surface area contributed by atoms with Crippen molar-refractivity contribution in [3.63, 3.8) is 0 Å². The van der Waals surface area contributed by atoms with Gasteiger partial charge in [-0.1, -0.05) is 18.2 Å². The molecule has 0 aliphatic carbocycles. The molecule has 1 aromatic carbocycles. The summed E-state index contributed by atoms with van der Waals surface area (Å²) in [4.78, 5) is 26.2. The molecule has 110 valence electrons. The van der Waals surface area contributed by atoms with E-state index in [1.54, 1.807) is 11.2 Å². The van der Waals surface area contributed by atoms with Gasteiger partial charge in [0.15, 0.2) is 6.10 Å². The molecular formula is C16H18N2O3. The molecule has 5 nitrogen and oxygen atoms in total. The minimum absolute atomic E-state index is 0.0547. The van der Waals surface area contributed by atoms with Crippen LogP contribution in [0.5, 0.6) is 0 Å². The van der Waals surface area contributed by atoms with Gasteiger partial charge in [0.2, 0.25) is 5.91 Å². The van der Waals surface area contributed by atoms with Crippen LogP contribution in [-0.4, -0.2) is 30.5 Å². The molecule has 1 saturated heterocycles. The third-order valence-electron chi connectivity index (χ3n) is 3.82. The predicted octanol–water partition coefficient (Wildman–Crippen LogP) is 1.60. The van der Waals surface area contributed by atoms with Crippen LogP contribution in [0.25, 0.3) is 0 Å². The summed E-state index contributed by atoms with van der Waals surface area (Å²) in [5, 5.41) is 2.81. The summed E-state index contributed by atoms with van der Waals surface area (Å²) in [6.45, 7) is 0.624. The van der Waals surface area contributed by atoms with Gasteiger partial charge in [-0.3, -0.25) is 9.59 Å². The van der Waals surface area contributed by atoms with Crippen molar-refractivity contribution in [3.05, 3.63) is 42.7 Å². The highest BCUT2D eigenvalue weighted by Crippen LogP contribution is 2.21. The van der Waals surface area contributed by atoms with Crippen molar-refractivity contribution < 1.29 is 14.3 Å². The first-order valence-electron chi connectivity index (χ1n) is 7.23. The second kappa shape index (κ2) is 5.99. The summed E-state index contributed by atoms with van der Waals surface area (Å²) < 4.78 is 5.28. The van der Waals surface area contributed by atoms with Crippen LogP contribution in [0.3, 0.4) is 0 Å². The summed E-state index contributed by atoms with van der Waals surface area (Å²) >= 11 is 0. The van der Waals surface area contributed by atoms with Gasteiger partial charge < -0.3 is 15.0 Å². The molecule has 0 saturated carbocycles. The summed E-state index contributed by atoms with van der Waals surface area (Å²) in [7, 11) is 0. The monoisotopic (exact) mass is 286 g/mol. The van der Waals surface area contributed by atoms with Crippen LogP contribution in [0, 0.1) is 0 Å². The maximum absolute atomic E-state index is 12.4. The smallest absolute Gasteiger partial charge is 0.261 e. The van der Waals surface area contributed by atoms with Crippen LogP contribution in [0.1, 0.15) is 19.3 Å². The van der Waals surface area contributed by atoms with Crippen molar-refractivity contribution in [3.8, 4) is 0 Å². The minimum Gasteiger partial charge on any atom is -0.489 e. The highest BCUT2D eigenvalue weighted by molar-refractivity contribution is 6.01. The van der Waals surface area contributed by atoms with Crippen LogP contribution < -0.4 is 10.2 Å². The fraction of sp³-hybridized carbons (Fsp3) is 0.375. The number of allylic oxidation sites excluding steroid dienone is 1. The average molecular weight is 286 g/mol. The third-order valence-corrected chi connectivity index (χ3v) is 3.82. The maximum Gasteiger partial charge on any atom is 0.261 e. The molecule has 21 heavy (non-hydrogen) atoms. The Hall–Kier alpha value is -2.30. The second-order valence-corrected chi connectivity index (χ2v) is 5.25. The molecule has 2 unspecified atom stereocenters. The van der Waals surface area contributed by atoms with E-state index < -0.39 is 12.1 Å². The molecular weight excluding hydrogens is 268 g/mol.